The number of non-ortho nitro benzene ring substituents is 1. The lowest BCUT2D eigenvalue weighted by Crippen LogP contribution is -2.21. The van der Waals surface area contributed by atoms with Gasteiger partial charge in [-0.1, -0.05) is 18.2 Å². The molecule has 13 heteroatoms. The molecule has 0 bridgehead atoms. The number of aromatic nitrogens is 4. The Kier molecular flexibility index (Phi) is 4.65. The van der Waals surface area contributed by atoms with E-state index in [4.69, 9.17) is 5.73 Å². The third kappa shape index (κ3) is 3.58. The summed E-state index contributed by atoms with van der Waals surface area (Å²) in [5, 5.41) is 25.5. The number of nitrogens with zero attached hydrogens (tertiary/aromatic N) is 4. The molecule has 2 amide bonds. The molecule has 0 saturated heterocycles. The first kappa shape index (κ1) is 18.8. The molecule has 10 nitrogen and oxygen atoms in total. The zero-order valence-electron chi connectivity index (χ0n) is 13.7. The van der Waals surface area contributed by atoms with Crippen LogP contribution in [0.3, 0.4) is 0 Å². The fourth-order valence-electron chi connectivity index (χ4n) is 2.66. The van der Waals surface area contributed by atoms with Gasteiger partial charge in [0.05, 0.1) is 21.7 Å². The Labute approximate surface area is 153 Å². The molecule has 1 heterocycles. The standard InChI is InChI=1S/C15H10F3N7O3/c16-15(17,18)12-9(7-2-1-3-8(6-7)25(27)28)4-5-10(20-14(19)26)11(12)13-21-23-24-22-13/h1-6H,(H3,19,20,26)(H,21,22,23,24). The van der Waals surface area contributed by atoms with Crippen molar-refractivity contribution < 1.29 is 22.9 Å². The first-order valence-electron chi connectivity index (χ1n) is 7.47. The second-order valence-corrected chi connectivity index (χ2v) is 5.44. The summed E-state index contributed by atoms with van der Waals surface area (Å²) in [7, 11) is 0. The SMILES string of the molecule is NC(=O)Nc1ccc(-c2cccc([N+](=O)[O-])c2)c(C(F)(F)F)c1-c1nn[nH]n1. The quantitative estimate of drug-likeness (QED) is 0.458. The summed E-state index contributed by atoms with van der Waals surface area (Å²) in [5.74, 6) is -0.441. The number of aromatic amines is 1. The van der Waals surface area contributed by atoms with Crippen LogP contribution in [0.25, 0.3) is 22.5 Å². The molecule has 1 aromatic heterocycles. The summed E-state index contributed by atoms with van der Waals surface area (Å²) in [6.07, 6.45) is -4.93. The van der Waals surface area contributed by atoms with Crippen molar-refractivity contribution in [2.24, 2.45) is 5.73 Å². The number of anilines is 1. The zero-order chi connectivity index (χ0) is 20.5. The van der Waals surface area contributed by atoms with Gasteiger partial charge >= 0.3 is 12.2 Å². The number of nitrogens with one attached hydrogen (secondary N) is 2. The number of tetrazole rings is 1. The number of nitro benzene ring substituents is 1. The largest absolute Gasteiger partial charge is 0.417 e. The summed E-state index contributed by atoms with van der Waals surface area (Å²) in [5.41, 5.74) is 2.14. The molecule has 0 aliphatic carbocycles. The van der Waals surface area contributed by atoms with Crippen LogP contribution in [0.2, 0.25) is 0 Å². The van der Waals surface area contributed by atoms with Crippen LogP contribution in [0.4, 0.5) is 29.3 Å². The fourth-order valence-corrected chi connectivity index (χ4v) is 2.66. The third-order valence-corrected chi connectivity index (χ3v) is 3.68. The molecule has 4 N–H and O–H groups in total. The normalized spacial score (nSPS) is 11.2. The molecular formula is C15H10F3N7O3. The number of carbonyl (C=O) groups is 1. The van der Waals surface area contributed by atoms with E-state index in [1.165, 1.54) is 18.2 Å². The maximum atomic E-state index is 14.0. The van der Waals surface area contributed by atoms with E-state index >= 15 is 0 Å². The minimum Gasteiger partial charge on any atom is -0.351 e. The molecule has 28 heavy (non-hydrogen) atoms. The number of nitro groups is 1. The molecule has 3 aromatic rings. The van der Waals surface area contributed by atoms with E-state index in [9.17, 15) is 28.1 Å². The van der Waals surface area contributed by atoms with Crippen LogP contribution in [-0.4, -0.2) is 31.6 Å². The van der Waals surface area contributed by atoms with Crippen molar-refractivity contribution in [1.82, 2.24) is 20.6 Å². The lowest BCUT2D eigenvalue weighted by atomic mass is 9.93. The topological polar surface area (TPSA) is 153 Å². The smallest absolute Gasteiger partial charge is 0.351 e. The van der Waals surface area contributed by atoms with Gasteiger partial charge in [0.25, 0.3) is 5.69 Å². The van der Waals surface area contributed by atoms with Gasteiger partial charge in [-0.05, 0) is 22.4 Å². The van der Waals surface area contributed by atoms with E-state index in [1.807, 2.05) is 0 Å². The summed E-state index contributed by atoms with van der Waals surface area (Å²) < 4.78 is 42.0. The average Bonchev–Trinajstić information content (AvgIpc) is 3.14. The van der Waals surface area contributed by atoms with E-state index in [0.29, 0.717) is 0 Å². The molecule has 0 spiro atoms. The third-order valence-electron chi connectivity index (χ3n) is 3.68. The van der Waals surface area contributed by atoms with E-state index < -0.39 is 34.1 Å². The lowest BCUT2D eigenvalue weighted by molar-refractivity contribution is -0.384. The Morgan fingerprint density at radius 2 is 2.00 bits per heavy atom. The van der Waals surface area contributed by atoms with Crippen molar-refractivity contribution in [1.29, 1.82) is 0 Å². The number of hydrogen-bond donors (Lipinski definition) is 3. The number of primary amides is 1. The Bertz CT molecular complexity index is 1050. The van der Waals surface area contributed by atoms with Gasteiger partial charge in [-0.25, -0.2) is 4.79 Å². The molecule has 2 aromatic carbocycles. The highest BCUT2D eigenvalue weighted by Gasteiger charge is 2.39. The number of carbonyl (C=O) groups excluding carboxylic acids is 1. The van der Waals surface area contributed by atoms with E-state index in [1.54, 1.807) is 0 Å². The molecule has 0 fully saturated rings. The minimum atomic E-state index is -4.93. The van der Waals surface area contributed by atoms with Gasteiger partial charge in [-0.15, -0.1) is 10.2 Å². The number of amides is 2. The molecule has 144 valence electrons. The zero-order valence-corrected chi connectivity index (χ0v) is 13.7. The first-order valence-corrected chi connectivity index (χ1v) is 7.47. The lowest BCUT2D eigenvalue weighted by Gasteiger charge is -2.19. The highest BCUT2D eigenvalue weighted by Crippen LogP contribution is 2.45. The number of benzene rings is 2. The number of rotatable bonds is 4. The predicted molar refractivity (Wildman–Crippen MR) is 89.9 cm³/mol. The van der Waals surface area contributed by atoms with Gasteiger partial charge in [-0.3, -0.25) is 10.1 Å². The van der Waals surface area contributed by atoms with Crippen LogP contribution < -0.4 is 11.1 Å². The first-order chi connectivity index (χ1) is 13.2. The van der Waals surface area contributed by atoms with Crippen LogP contribution in [-0.2, 0) is 6.18 Å². The molecule has 3 rings (SSSR count). The molecule has 0 saturated carbocycles. The van der Waals surface area contributed by atoms with Crippen molar-refractivity contribution in [3.63, 3.8) is 0 Å². The number of urea groups is 1. The molecular weight excluding hydrogens is 383 g/mol. The molecule has 0 unspecified atom stereocenters. The van der Waals surface area contributed by atoms with Gasteiger partial charge in [0.1, 0.15) is 0 Å². The molecule has 0 aliphatic rings. The minimum absolute atomic E-state index is 0.0584. The molecule has 0 radical (unpaired) electrons. The average molecular weight is 393 g/mol. The monoisotopic (exact) mass is 393 g/mol. The van der Waals surface area contributed by atoms with Gasteiger partial charge in [0, 0.05) is 12.1 Å². The second-order valence-electron chi connectivity index (χ2n) is 5.44. The number of hydrogen-bond acceptors (Lipinski definition) is 6. The van der Waals surface area contributed by atoms with Crippen LogP contribution in [0, 0.1) is 10.1 Å². The van der Waals surface area contributed by atoms with E-state index in [-0.39, 0.29) is 22.5 Å². The summed E-state index contributed by atoms with van der Waals surface area (Å²) >= 11 is 0. The highest BCUT2D eigenvalue weighted by molar-refractivity contribution is 5.95. The Balaban J connectivity index is 2.36. The number of H-pyrrole nitrogens is 1. The van der Waals surface area contributed by atoms with Crippen molar-refractivity contribution in [3.05, 3.63) is 52.1 Å². The van der Waals surface area contributed by atoms with Crippen LogP contribution in [0.5, 0.6) is 0 Å². The van der Waals surface area contributed by atoms with Crippen molar-refractivity contribution in [2.75, 3.05) is 5.32 Å². The van der Waals surface area contributed by atoms with Crippen LogP contribution in [0.15, 0.2) is 36.4 Å². The van der Waals surface area contributed by atoms with Crippen molar-refractivity contribution in [3.8, 4) is 22.5 Å². The highest BCUT2D eigenvalue weighted by atomic mass is 19.4. The molecule has 0 aliphatic heterocycles. The van der Waals surface area contributed by atoms with Crippen molar-refractivity contribution in [2.45, 2.75) is 6.18 Å². The summed E-state index contributed by atoms with van der Waals surface area (Å²) in [6.45, 7) is 0. The van der Waals surface area contributed by atoms with Gasteiger partial charge in [0.2, 0.25) is 5.82 Å². The maximum Gasteiger partial charge on any atom is 0.417 e. The predicted octanol–water partition coefficient (Wildman–Crippen LogP) is 2.95. The van der Waals surface area contributed by atoms with Gasteiger partial charge < -0.3 is 11.1 Å². The van der Waals surface area contributed by atoms with Gasteiger partial charge in [0.15, 0.2) is 0 Å². The Morgan fingerprint density at radius 1 is 1.25 bits per heavy atom. The van der Waals surface area contributed by atoms with E-state index in [2.05, 4.69) is 25.9 Å². The van der Waals surface area contributed by atoms with Crippen LogP contribution in [0.1, 0.15) is 5.56 Å². The summed E-state index contributed by atoms with van der Waals surface area (Å²) in [4.78, 5) is 21.5. The second kappa shape index (κ2) is 6.94. The van der Waals surface area contributed by atoms with Gasteiger partial charge in [-0.2, -0.15) is 18.4 Å². The summed E-state index contributed by atoms with van der Waals surface area (Å²) in [6, 6.07) is 5.85. The fraction of sp³-hybridized carbons (Fsp3) is 0.0667. The van der Waals surface area contributed by atoms with Crippen molar-refractivity contribution >= 4 is 17.4 Å². The number of alkyl halides is 3. The van der Waals surface area contributed by atoms with Crippen LogP contribution >= 0.6 is 0 Å². The number of halogens is 3. The maximum absolute atomic E-state index is 14.0. The van der Waals surface area contributed by atoms with E-state index in [0.717, 1.165) is 18.2 Å². The number of nitrogens with two attached hydrogens (primary N) is 1. The molecule has 0 atom stereocenters. The Hall–Kier alpha value is -4.03. The Morgan fingerprint density at radius 3 is 2.57 bits per heavy atom.